The lowest BCUT2D eigenvalue weighted by Crippen LogP contribution is -2.12. The van der Waals surface area contributed by atoms with E-state index >= 15 is 17.6 Å². The van der Waals surface area contributed by atoms with Crippen molar-refractivity contribution in [3.8, 4) is 0 Å². The predicted molar refractivity (Wildman–Crippen MR) is 261 cm³/mol. The van der Waals surface area contributed by atoms with E-state index in [1.807, 2.05) is 151 Å². The molecule has 0 aliphatic carbocycles. The zero-order chi connectivity index (χ0) is 44.6. The van der Waals surface area contributed by atoms with Crippen molar-refractivity contribution < 1.29 is 17.6 Å². The van der Waals surface area contributed by atoms with Gasteiger partial charge in [-0.3, -0.25) is 0 Å². The van der Waals surface area contributed by atoms with Crippen molar-refractivity contribution in [2.45, 2.75) is 53.4 Å². The standard InChI is InChI=1S/C58H46F4N2/c1-33(2)37-15-24-41(25-16-37)63(40-20-11-35(5)12-21-40)44-28-30-46-48(31-44)56(60)58(62)55-53(46)51-45-10-8-7-9-39(45)19-29-47(51)52-50(32-49(59)57(61)54(52)55)64(42-22-13-36(6)14-23-42)43-26-17-38(18-27-43)34(3)4/h7-34H,1-6H3. The molecule has 0 N–H and O–H groups in total. The molecule has 0 fully saturated rings. The largest absolute Gasteiger partial charge is 0.310 e. The Bertz CT molecular complexity index is 3430. The van der Waals surface area contributed by atoms with Crippen LogP contribution in [0.15, 0.2) is 158 Å². The molecule has 0 saturated carbocycles. The zero-order valence-corrected chi connectivity index (χ0v) is 36.6. The van der Waals surface area contributed by atoms with Gasteiger partial charge in [-0.05, 0) is 124 Å². The van der Waals surface area contributed by atoms with Gasteiger partial charge in [-0.25, -0.2) is 17.6 Å². The third-order valence-corrected chi connectivity index (χ3v) is 12.8. The maximum atomic E-state index is 17.7. The molecule has 2 nitrogen and oxygen atoms in total. The van der Waals surface area contributed by atoms with Gasteiger partial charge in [0, 0.05) is 61.4 Å². The highest BCUT2D eigenvalue weighted by atomic mass is 19.2. The molecule has 64 heavy (non-hydrogen) atoms. The summed E-state index contributed by atoms with van der Waals surface area (Å²) in [7, 11) is 0. The summed E-state index contributed by atoms with van der Waals surface area (Å²) >= 11 is 0. The fraction of sp³-hybridized carbons (Fsp3) is 0.138. The van der Waals surface area contributed by atoms with Crippen LogP contribution in [0.3, 0.4) is 0 Å². The second-order valence-electron chi connectivity index (χ2n) is 17.6. The smallest absolute Gasteiger partial charge is 0.168 e. The summed E-state index contributed by atoms with van der Waals surface area (Å²) in [5.41, 5.74) is 8.38. The summed E-state index contributed by atoms with van der Waals surface area (Å²) in [6, 6.07) is 50.2. The van der Waals surface area contributed by atoms with Gasteiger partial charge in [0.2, 0.25) is 0 Å². The first-order valence-corrected chi connectivity index (χ1v) is 21.8. The Hall–Kier alpha value is -7.18. The molecule has 0 aliphatic rings. The van der Waals surface area contributed by atoms with Crippen LogP contribution >= 0.6 is 0 Å². The van der Waals surface area contributed by atoms with Crippen LogP contribution in [0.25, 0.3) is 53.9 Å². The maximum absolute atomic E-state index is 17.7. The second kappa shape index (κ2) is 15.9. The van der Waals surface area contributed by atoms with Gasteiger partial charge in [-0.2, -0.15) is 0 Å². The Balaban J connectivity index is 1.33. The van der Waals surface area contributed by atoms with E-state index in [0.29, 0.717) is 50.2 Å². The molecule has 0 aromatic heterocycles. The van der Waals surface area contributed by atoms with E-state index in [1.54, 1.807) is 12.1 Å². The van der Waals surface area contributed by atoms with Crippen molar-refractivity contribution in [2.24, 2.45) is 0 Å². The van der Waals surface area contributed by atoms with E-state index in [1.165, 1.54) is 11.6 Å². The quantitative estimate of drug-likeness (QED) is 0.111. The third-order valence-electron chi connectivity index (χ3n) is 12.8. The minimum absolute atomic E-state index is 0.0237. The highest BCUT2D eigenvalue weighted by molar-refractivity contribution is 6.38. The van der Waals surface area contributed by atoms with E-state index in [4.69, 9.17) is 0 Å². The van der Waals surface area contributed by atoms with E-state index in [9.17, 15) is 0 Å². The number of aryl methyl sites for hydroxylation is 2. The molecule has 0 spiro atoms. The van der Waals surface area contributed by atoms with Crippen LogP contribution < -0.4 is 9.80 Å². The van der Waals surface area contributed by atoms with Gasteiger partial charge in [0.25, 0.3) is 0 Å². The molecule has 0 radical (unpaired) electrons. The average Bonchev–Trinajstić information content (AvgIpc) is 3.30. The van der Waals surface area contributed by atoms with Gasteiger partial charge in [0.1, 0.15) is 0 Å². The molecule has 0 amide bonds. The minimum atomic E-state index is -1.25. The van der Waals surface area contributed by atoms with Crippen LogP contribution in [0, 0.1) is 37.1 Å². The van der Waals surface area contributed by atoms with Crippen molar-refractivity contribution in [1.82, 2.24) is 0 Å². The average molecular weight is 847 g/mol. The zero-order valence-electron chi connectivity index (χ0n) is 36.6. The molecule has 0 saturated heterocycles. The fourth-order valence-corrected chi connectivity index (χ4v) is 9.36. The third kappa shape index (κ3) is 6.71. The van der Waals surface area contributed by atoms with Gasteiger partial charge in [-0.15, -0.1) is 0 Å². The predicted octanol–water partition coefficient (Wildman–Crippen LogP) is 17.8. The first-order chi connectivity index (χ1) is 30.9. The fourth-order valence-electron chi connectivity index (χ4n) is 9.36. The van der Waals surface area contributed by atoms with Crippen molar-refractivity contribution in [3.63, 3.8) is 0 Å². The van der Waals surface area contributed by atoms with Crippen LogP contribution in [-0.4, -0.2) is 0 Å². The Morgan fingerprint density at radius 1 is 0.359 bits per heavy atom. The van der Waals surface area contributed by atoms with E-state index < -0.39 is 23.3 Å². The number of nitrogens with zero attached hydrogens (tertiary/aromatic N) is 2. The van der Waals surface area contributed by atoms with Gasteiger partial charge in [0.15, 0.2) is 23.3 Å². The topological polar surface area (TPSA) is 6.48 Å². The molecule has 10 aromatic rings. The molecule has 0 unspecified atom stereocenters. The number of anilines is 6. The lowest BCUT2D eigenvalue weighted by Gasteiger charge is -2.29. The second-order valence-corrected chi connectivity index (χ2v) is 17.6. The first kappa shape index (κ1) is 40.9. The number of hydrogen-bond donors (Lipinski definition) is 0. The Morgan fingerprint density at radius 3 is 1.41 bits per heavy atom. The molecular formula is C58H46F4N2. The summed E-state index contributed by atoms with van der Waals surface area (Å²) < 4.78 is 68.7. The molecule has 0 atom stereocenters. The Kier molecular flexibility index (Phi) is 10.1. The summed E-state index contributed by atoms with van der Waals surface area (Å²) in [4.78, 5) is 3.90. The normalized spacial score (nSPS) is 11.9. The first-order valence-electron chi connectivity index (χ1n) is 21.8. The summed E-state index contributed by atoms with van der Waals surface area (Å²) in [6.45, 7) is 12.5. The van der Waals surface area contributed by atoms with Gasteiger partial charge in [-0.1, -0.05) is 130 Å². The highest BCUT2D eigenvalue weighted by Gasteiger charge is 2.29. The number of halogens is 4. The lowest BCUT2D eigenvalue weighted by molar-refractivity contribution is 0.515. The molecule has 10 aromatic carbocycles. The van der Waals surface area contributed by atoms with Gasteiger partial charge >= 0.3 is 0 Å². The molecule has 0 aliphatic heterocycles. The molecule has 0 heterocycles. The van der Waals surface area contributed by atoms with Crippen LogP contribution in [0.4, 0.5) is 51.7 Å². The van der Waals surface area contributed by atoms with Crippen LogP contribution in [0.2, 0.25) is 0 Å². The van der Waals surface area contributed by atoms with Crippen molar-refractivity contribution in [1.29, 1.82) is 0 Å². The number of fused-ring (bicyclic) bond motifs is 10. The van der Waals surface area contributed by atoms with Crippen LogP contribution in [-0.2, 0) is 0 Å². The van der Waals surface area contributed by atoms with E-state index in [-0.39, 0.29) is 27.5 Å². The van der Waals surface area contributed by atoms with Crippen LogP contribution in [0.1, 0.15) is 61.8 Å². The molecule has 6 heteroatoms. The molecular weight excluding hydrogens is 801 g/mol. The molecule has 10 rings (SSSR count). The number of hydrogen-bond acceptors (Lipinski definition) is 2. The van der Waals surface area contributed by atoms with Crippen LogP contribution in [0.5, 0.6) is 0 Å². The maximum Gasteiger partial charge on any atom is 0.168 e. The minimum Gasteiger partial charge on any atom is -0.310 e. The summed E-state index contributed by atoms with van der Waals surface area (Å²) in [6.07, 6.45) is 0. The van der Waals surface area contributed by atoms with Crippen molar-refractivity contribution in [3.05, 3.63) is 203 Å². The lowest BCUT2D eigenvalue weighted by atomic mass is 9.86. The summed E-state index contributed by atoms with van der Waals surface area (Å²) in [5, 5.41) is 3.17. The van der Waals surface area contributed by atoms with Crippen molar-refractivity contribution >= 4 is 88.0 Å². The van der Waals surface area contributed by atoms with E-state index in [0.717, 1.165) is 38.8 Å². The van der Waals surface area contributed by atoms with Crippen molar-refractivity contribution in [2.75, 3.05) is 9.80 Å². The Labute approximate surface area is 370 Å². The summed E-state index contributed by atoms with van der Waals surface area (Å²) in [5.74, 6) is -4.23. The number of benzene rings is 10. The SMILES string of the molecule is Cc1ccc(N(c2ccc(C(C)C)cc2)c2ccc3c(c2)c(F)c(F)c2c4c(F)c(F)cc(N(c5ccc(C)cc5)c5ccc(C(C)C)cc5)c4c4ccc5ccccc5c4c32)cc1. The van der Waals surface area contributed by atoms with E-state index in [2.05, 4.69) is 39.8 Å². The highest BCUT2D eigenvalue weighted by Crippen LogP contribution is 2.51. The Morgan fingerprint density at radius 2 is 0.844 bits per heavy atom. The molecule has 0 bridgehead atoms. The van der Waals surface area contributed by atoms with Gasteiger partial charge in [0.05, 0.1) is 5.69 Å². The van der Waals surface area contributed by atoms with Gasteiger partial charge < -0.3 is 9.80 Å². The number of rotatable bonds is 8. The molecule has 316 valence electrons. The monoisotopic (exact) mass is 846 g/mol.